The second-order valence-corrected chi connectivity index (χ2v) is 6.66. The summed E-state index contributed by atoms with van der Waals surface area (Å²) < 4.78 is 5.68. The molecule has 1 N–H and O–H groups in total. The smallest absolute Gasteiger partial charge is 0.307 e. The van der Waals surface area contributed by atoms with Crippen LogP contribution in [0.2, 0.25) is 0 Å². The van der Waals surface area contributed by atoms with E-state index in [4.69, 9.17) is 4.42 Å². The maximum absolute atomic E-state index is 12.3. The summed E-state index contributed by atoms with van der Waals surface area (Å²) in [6.07, 6.45) is 3.64. The number of hydrazone groups is 1. The van der Waals surface area contributed by atoms with Gasteiger partial charge in [0.1, 0.15) is 5.58 Å². The van der Waals surface area contributed by atoms with Crippen LogP contribution in [0.1, 0.15) is 16.1 Å². The summed E-state index contributed by atoms with van der Waals surface area (Å²) in [5, 5.41) is 7.11. The minimum absolute atomic E-state index is 0.242. The van der Waals surface area contributed by atoms with Gasteiger partial charge in [-0.2, -0.15) is 5.10 Å². The maximum atomic E-state index is 12.3. The van der Waals surface area contributed by atoms with E-state index in [0.717, 1.165) is 21.7 Å². The van der Waals surface area contributed by atoms with Gasteiger partial charge in [-0.1, -0.05) is 42.5 Å². The quantitative estimate of drug-likeness (QED) is 0.314. The molecule has 0 unspecified atom stereocenters. The third-order valence-electron chi connectivity index (χ3n) is 4.15. The summed E-state index contributed by atoms with van der Waals surface area (Å²) in [7, 11) is 0. The van der Waals surface area contributed by atoms with E-state index in [2.05, 4.69) is 10.5 Å². The Morgan fingerprint density at radius 3 is 2.65 bits per heavy atom. The molecular weight excluding hydrogens is 344 g/mol. The van der Waals surface area contributed by atoms with E-state index in [1.807, 2.05) is 66.9 Å². The zero-order chi connectivity index (χ0) is 17.9. The number of benzene rings is 3. The highest BCUT2D eigenvalue weighted by Crippen LogP contribution is 2.28. The molecule has 0 spiro atoms. The first-order chi connectivity index (χ1) is 12.7. The lowest BCUT2D eigenvalue weighted by molar-refractivity contribution is 0.0929. The number of thioether (sulfide) groups is 1. The summed E-state index contributed by atoms with van der Waals surface area (Å²) in [5.74, 6) is -0.131. The largest absolute Gasteiger partial charge is 0.451 e. The monoisotopic (exact) mass is 360 g/mol. The molecule has 0 aliphatic carbocycles. The van der Waals surface area contributed by atoms with Crippen molar-refractivity contribution in [3.63, 3.8) is 0 Å². The molecular formula is C21H16N2O2S. The van der Waals surface area contributed by atoms with Crippen molar-refractivity contribution in [3.05, 3.63) is 78.1 Å². The molecule has 1 aromatic heterocycles. The normalized spacial score (nSPS) is 11.4. The highest BCUT2D eigenvalue weighted by Gasteiger charge is 2.13. The standard InChI is InChI=1S/C21H16N2O2S/c1-26-16-9-6-14(7-10-16)13-22-23-21(24)20-12-18-17-5-3-2-4-15(17)8-11-19(18)25-20/h2-13H,1H3,(H,23,24)/b22-13+. The predicted octanol–water partition coefficient (Wildman–Crippen LogP) is 5.07. The number of carbonyl (C=O) groups is 1. The summed E-state index contributed by atoms with van der Waals surface area (Å²) in [6.45, 7) is 0. The molecule has 0 saturated heterocycles. The van der Waals surface area contributed by atoms with Gasteiger partial charge in [0, 0.05) is 10.3 Å². The van der Waals surface area contributed by atoms with Crippen LogP contribution < -0.4 is 5.43 Å². The van der Waals surface area contributed by atoms with Gasteiger partial charge in [-0.3, -0.25) is 4.79 Å². The second kappa shape index (κ2) is 7.06. The molecule has 1 amide bonds. The van der Waals surface area contributed by atoms with Crippen molar-refractivity contribution in [1.29, 1.82) is 0 Å². The lowest BCUT2D eigenvalue weighted by Gasteiger charge is -1.97. The van der Waals surface area contributed by atoms with Crippen molar-refractivity contribution in [1.82, 2.24) is 5.43 Å². The molecule has 4 aromatic rings. The fourth-order valence-corrected chi connectivity index (χ4v) is 3.22. The van der Waals surface area contributed by atoms with Crippen LogP contribution in [-0.2, 0) is 0 Å². The number of rotatable bonds is 4. The van der Waals surface area contributed by atoms with Crippen LogP contribution in [0.3, 0.4) is 0 Å². The van der Waals surface area contributed by atoms with Crippen molar-refractivity contribution in [2.45, 2.75) is 4.90 Å². The van der Waals surface area contributed by atoms with Crippen LogP contribution in [0.15, 0.2) is 81.1 Å². The number of hydrogen-bond donors (Lipinski definition) is 1. The van der Waals surface area contributed by atoms with E-state index < -0.39 is 0 Å². The Hall–Kier alpha value is -3.05. The first kappa shape index (κ1) is 16.4. The Kier molecular flexibility index (Phi) is 4.46. The fraction of sp³-hybridized carbons (Fsp3) is 0.0476. The van der Waals surface area contributed by atoms with Gasteiger partial charge in [-0.25, -0.2) is 5.43 Å². The molecule has 0 saturated carbocycles. The molecule has 1 heterocycles. The number of hydrogen-bond acceptors (Lipinski definition) is 4. The Morgan fingerprint density at radius 1 is 1.04 bits per heavy atom. The molecule has 0 aliphatic rings. The molecule has 4 nitrogen and oxygen atoms in total. The van der Waals surface area contributed by atoms with Gasteiger partial charge in [0.15, 0.2) is 5.76 Å². The zero-order valence-corrected chi connectivity index (χ0v) is 14.9. The van der Waals surface area contributed by atoms with E-state index in [1.165, 1.54) is 4.90 Å². The van der Waals surface area contributed by atoms with Crippen LogP contribution in [0.25, 0.3) is 21.7 Å². The van der Waals surface area contributed by atoms with E-state index in [1.54, 1.807) is 24.0 Å². The molecule has 4 rings (SSSR count). The highest BCUT2D eigenvalue weighted by molar-refractivity contribution is 7.98. The van der Waals surface area contributed by atoms with E-state index in [0.29, 0.717) is 5.58 Å². The zero-order valence-electron chi connectivity index (χ0n) is 14.1. The molecule has 128 valence electrons. The van der Waals surface area contributed by atoms with Crippen LogP contribution in [-0.4, -0.2) is 18.4 Å². The Bertz CT molecular complexity index is 1110. The summed E-state index contributed by atoms with van der Waals surface area (Å²) in [4.78, 5) is 13.5. The molecule has 0 atom stereocenters. The van der Waals surface area contributed by atoms with Gasteiger partial charge in [0.2, 0.25) is 0 Å². The van der Waals surface area contributed by atoms with Crippen LogP contribution in [0, 0.1) is 0 Å². The number of carbonyl (C=O) groups excluding carboxylic acids is 1. The van der Waals surface area contributed by atoms with Crippen molar-refractivity contribution in [2.75, 3.05) is 6.26 Å². The number of fused-ring (bicyclic) bond motifs is 3. The predicted molar refractivity (Wildman–Crippen MR) is 107 cm³/mol. The Morgan fingerprint density at radius 2 is 1.85 bits per heavy atom. The topological polar surface area (TPSA) is 54.6 Å². The molecule has 0 aliphatic heterocycles. The maximum Gasteiger partial charge on any atom is 0.307 e. The summed E-state index contributed by atoms with van der Waals surface area (Å²) in [6, 6.07) is 21.6. The molecule has 0 radical (unpaired) electrons. The highest BCUT2D eigenvalue weighted by atomic mass is 32.2. The molecule has 0 fully saturated rings. The van der Waals surface area contributed by atoms with E-state index >= 15 is 0 Å². The van der Waals surface area contributed by atoms with Gasteiger partial charge in [0.05, 0.1) is 6.21 Å². The van der Waals surface area contributed by atoms with E-state index in [-0.39, 0.29) is 11.7 Å². The first-order valence-corrected chi connectivity index (χ1v) is 9.36. The van der Waals surface area contributed by atoms with Gasteiger partial charge >= 0.3 is 5.91 Å². The SMILES string of the molecule is CSc1ccc(/C=N/NC(=O)c2cc3c(ccc4ccccc43)o2)cc1. The van der Waals surface area contributed by atoms with Crippen molar-refractivity contribution in [3.8, 4) is 0 Å². The lowest BCUT2D eigenvalue weighted by atomic mass is 10.1. The average Bonchev–Trinajstić information content (AvgIpc) is 3.13. The summed E-state index contributed by atoms with van der Waals surface area (Å²) in [5.41, 5.74) is 4.12. The Balaban J connectivity index is 1.54. The van der Waals surface area contributed by atoms with Crippen LogP contribution >= 0.6 is 11.8 Å². The van der Waals surface area contributed by atoms with Gasteiger partial charge in [-0.05, 0) is 46.9 Å². The van der Waals surface area contributed by atoms with Crippen LogP contribution in [0.5, 0.6) is 0 Å². The van der Waals surface area contributed by atoms with Crippen LogP contribution in [0.4, 0.5) is 0 Å². The van der Waals surface area contributed by atoms with Gasteiger partial charge in [-0.15, -0.1) is 11.8 Å². The molecule has 0 bridgehead atoms. The fourth-order valence-electron chi connectivity index (χ4n) is 2.81. The molecule has 26 heavy (non-hydrogen) atoms. The lowest BCUT2D eigenvalue weighted by Crippen LogP contribution is -2.16. The first-order valence-electron chi connectivity index (χ1n) is 8.13. The Labute approximate surface area is 154 Å². The summed E-state index contributed by atoms with van der Waals surface area (Å²) >= 11 is 1.68. The minimum atomic E-state index is -0.373. The minimum Gasteiger partial charge on any atom is -0.451 e. The van der Waals surface area contributed by atoms with Crippen molar-refractivity contribution < 1.29 is 9.21 Å². The second-order valence-electron chi connectivity index (χ2n) is 5.78. The van der Waals surface area contributed by atoms with Gasteiger partial charge in [0.25, 0.3) is 0 Å². The third kappa shape index (κ3) is 3.21. The average molecular weight is 360 g/mol. The van der Waals surface area contributed by atoms with Crippen molar-refractivity contribution in [2.24, 2.45) is 5.10 Å². The molecule has 3 aromatic carbocycles. The number of amides is 1. The molecule has 5 heteroatoms. The number of furan rings is 1. The number of nitrogens with zero attached hydrogens (tertiary/aromatic N) is 1. The van der Waals surface area contributed by atoms with Crippen molar-refractivity contribution >= 4 is 45.6 Å². The number of nitrogens with one attached hydrogen (secondary N) is 1. The van der Waals surface area contributed by atoms with Gasteiger partial charge < -0.3 is 4.42 Å². The van der Waals surface area contributed by atoms with E-state index in [9.17, 15) is 4.79 Å². The third-order valence-corrected chi connectivity index (χ3v) is 4.89.